The largest absolute Gasteiger partial charge is 0.387 e. The van der Waals surface area contributed by atoms with Crippen molar-refractivity contribution in [3.8, 4) is 0 Å². The van der Waals surface area contributed by atoms with Gasteiger partial charge in [0.2, 0.25) is 0 Å². The van der Waals surface area contributed by atoms with Gasteiger partial charge in [0.1, 0.15) is 0 Å². The van der Waals surface area contributed by atoms with E-state index >= 15 is 0 Å². The number of unbranched alkanes of at least 4 members (excludes halogenated alkanes) is 3. The topological polar surface area (TPSA) is 84.9 Å². The van der Waals surface area contributed by atoms with Crippen molar-refractivity contribution in [1.82, 2.24) is 0 Å². The molecule has 5 nitrogen and oxygen atoms in total. The number of thioether (sulfide) groups is 1. The zero-order chi connectivity index (χ0) is 14.6. The first kappa shape index (κ1) is 19.0. The van der Waals surface area contributed by atoms with Gasteiger partial charge in [-0.2, -0.15) is 11.8 Å². The van der Waals surface area contributed by atoms with Gasteiger partial charge >= 0.3 is 7.60 Å². The van der Waals surface area contributed by atoms with Crippen molar-refractivity contribution < 1.29 is 14.0 Å². The quantitative estimate of drug-likeness (QED) is 0.250. The molecule has 0 fully saturated rings. The van der Waals surface area contributed by atoms with E-state index in [1.807, 2.05) is 11.8 Å². The number of hydrogen-bond acceptors (Lipinski definition) is 4. The molecule has 0 amide bonds. The zero-order valence-corrected chi connectivity index (χ0v) is 13.7. The maximum absolute atomic E-state index is 10.8. The molecule has 0 heterocycles. The predicted molar refractivity (Wildman–Crippen MR) is 84.3 cm³/mol. The van der Waals surface area contributed by atoms with Crippen LogP contribution in [0.1, 0.15) is 38.5 Å². The molecule has 0 aliphatic rings. The molecule has 0 aliphatic heterocycles. The highest BCUT2D eigenvalue weighted by molar-refractivity contribution is 7.98. The second kappa shape index (κ2) is 11.8. The normalized spacial score (nSPS) is 15.4. The van der Waals surface area contributed by atoms with Crippen LogP contribution in [0, 0.1) is 0 Å². The number of rotatable bonds is 12. The summed E-state index contributed by atoms with van der Waals surface area (Å²) in [6.45, 7) is 2.34. The first-order valence-electron chi connectivity index (χ1n) is 6.68. The zero-order valence-electron chi connectivity index (χ0n) is 12.0. The Morgan fingerprint density at radius 3 is 2.63 bits per heavy atom. The van der Waals surface area contributed by atoms with Crippen molar-refractivity contribution >= 4 is 25.2 Å². The van der Waals surface area contributed by atoms with E-state index in [4.69, 9.17) is 15.2 Å². The summed E-state index contributed by atoms with van der Waals surface area (Å²) in [6, 6.07) is 0. The lowest BCUT2D eigenvalue weighted by Gasteiger charge is -2.06. The molecule has 0 radical (unpaired) electrons. The van der Waals surface area contributed by atoms with E-state index in [0.717, 1.165) is 56.7 Å². The minimum atomic E-state index is -3.29. The van der Waals surface area contributed by atoms with Gasteiger partial charge < -0.3 is 15.2 Å². The van der Waals surface area contributed by atoms with Gasteiger partial charge in [-0.3, -0.25) is 9.56 Å². The molecule has 0 aromatic rings. The molecule has 0 aromatic heterocycles. The molecule has 19 heavy (non-hydrogen) atoms. The van der Waals surface area contributed by atoms with Crippen molar-refractivity contribution in [2.75, 3.05) is 31.8 Å². The van der Waals surface area contributed by atoms with Crippen LogP contribution >= 0.6 is 19.4 Å². The van der Waals surface area contributed by atoms with Crippen molar-refractivity contribution in [3.05, 3.63) is 0 Å². The molecule has 1 unspecified atom stereocenters. The van der Waals surface area contributed by atoms with Crippen LogP contribution in [-0.2, 0) is 9.09 Å². The van der Waals surface area contributed by atoms with Gasteiger partial charge in [0, 0.05) is 19.6 Å². The fraction of sp³-hybridized carbons (Fsp3) is 0.917. The summed E-state index contributed by atoms with van der Waals surface area (Å²) in [7, 11) is -3.29. The van der Waals surface area contributed by atoms with Crippen LogP contribution in [0.3, 0.4) is 0 Å². The Hall–Kier alpha value is -0.0300. The first-order valence-corrected chi connectivity index (χ1v) is 10.1. The van der Waals surface area contributed by atoms with Gasteiger partial charge in [0.05, 0.1) is 12.4 Å². The molecule has 0 aliphatic carbocycles. The molecule has 0 aromatic carbocycles. The standard InChI is InChI=1S/C12H27N2O3PS/c1-18(15,16)17-10-6-4-3-5-9-14-12(13)8-7-11-19-2/h3-11H2,1-2H3,(H2,13,14)(H,15,16). The predicted octanol–water partition coefficient (Wildman–Crippen LogP) is 2.88. The summed E-state index contributed by atoms with van der Waals surface area (Å²) in [5.74, 6) is 1.88. The number of amidine groups is 1. The third-order valence-electron chi connectivity index (χ3n) is 2.48. The summed E-state index contributed by atoms with van der Waals surface area (Å²) in [6.07, 6.45) is 7.91. The number of nitrogens with two attached hydrogens (primary N) is 1. The maximum atomic E-state index is 10.8. The van der Waals surface area contributed by atoms with E-state index in [1.165, 1.54) is 6.66 Å². The van der Waals surface area contributed by atoms with Gasteiger partial charge in [-0.25, -0.2) is 0 Å². The van der Waals surface area contributed by atoms with E-state index in [9.17, 15) is 4.57 Å². The molecule has 0 saturated carbocycles. The van der Waals surface area contributed by atoms with Crippen LogP contribution in [0.2, 0.25) is 0 Å². The lowest BCUT2D eigenvalue weighted by Crippen LogP contribution is -2.12. The molecule has 3 N–H and O–H groups in total. The number of hydrogen-bond donors (Lipinski definition) is 2. The van der Waals surface area contributed by atoms with Crippen molar-refractivity contribution in [3.63, 3.8) is 0 Å². The Morgan fingerprint density at radius 2 is 2.00 bits per heavy atom. The second-order valence-corrected chi connectivity index (χ2v) is 7.37. The van der Waals surface area contributed by atoms with Gasteiger partial charge in [-0.1, -0.05) is 12.8 Å². The highest BCUT2D eigenvalue weighted by atomic mass is 32.2. The Labute approximate surface area is 120 Å². The molecule has 0 bridgehead atoms. The van der Waals surface area contributed by atoms with E-state index < -0.39 is 7.60 Å². The summed E-state index contributed by atoms with van der Waals surface area (Å²) in [4.78, 5) is 13.2. The van der Waals surface area contributed by atoms with Gasteiger partial charge in [-0.15, -0.1) is 0 Å². The minimum absolute atomic E-state index is 0.352. The number of aliphatic imine (C=N–C) groups is 1. The monoisotopic (exact) mass is 310 g/mol. The Kier molecular flexibility index (Phi) is 11.7. The van der Waals surface area contributed by atoms with Crippen molar-refractivity contribution in [1.29, 1.82) is 0 Å². The fourth-order valence-electron chi connectivity index (χ4n) is 1.50. The molecule has 7 heteroatoms. The third kappa shape index (κ3) is 15.9. The smallest absolute Gasteiger partial charge is 0.325 e. The third-order valence-corrected chi connectivity index (χ3v) is 3.84. The van der Waals surface area contributed by atoms with Gasteiger partial charge in [0.25, 0.3) is 0 Å². The molecule has 0 saturated heterocycles. The molecular formula is C12H27N2O3PS. The summed E-state index contributed by atoms with van der Waals surface area (Å²) in [5.41, 5.74) is 5.79. The lowest BCUT2D eigenvalue weighted by molar-refractivity contribution is 0.257. The van der Waals surface area contributed by atoms with E-state index in [2.05, 4.69) is 11.2 Å². The fourth-order valence-corrected chi connectivity index (χ4v) is 2.40. The Bertz CT molecular complexity index is 295. The Morgan fingerprint density at radius 1 is 1.32 bits per heavy atom. The molecule has 114 valence electrons. The Balaban J connectivity index is 3.34. The summed E-state index contributed by atoms with van der Waals surface area (Å²) in [5, 5.41) is 0. The average Bonchev–Trinajstić information content (AvgIpc) is 2.31. The minimum Gasteiger partial charge on any atom is -0.387 e. The van der Waals surface area contributed by atoms with E-state index in [1.54, 1.807) is 0 Å². The van der Waals surface area contributed by atoms with Crippen LogP contribution in [0.4, 0.5) is 0 Å². The van der Waals surface area contributed by atoms with Crippen LogP contribution in [0.15, 0.2) is 4.99 Å². The lowest BCUT2D eigenvalue weighted by atomic mass is 10.2. The van der Waals surface area contributed by atoms with Crippen LogP contribution < -0.4 is 5.73 Å². The van der Waals surface area contributed by atoms with Crippen LogP contribution in [0.25, 0.3) is 0 Å². The van der Waals surface area contributed by atoms with Crippen LogP contribution in [0.5, 0.6) is 0 Å². The molecule has 0 spiro atoms. The first-order chi connectivity index (χ1) is 8.95. The summed E-state index contributed by atoms with van der Waals surface area (Å²) >= 11 is 1.82. The van der Waals surface area contributed by atoms with Crippen LogP contribution in [-0.4, -0.2) is 42.6 Å². The second-order valence-electron chi connectivity index (χ2n) is 4.52. The molecule has 0 rings (SSSR count). The summed E-state index contributed by atoms with van der Waals surface area (Å²) < 4.78 is 15.6. The average molecular weight is 310 g/mol. The highest BCUT2D eigenvalue weighted by Crippen LogP contribution is 2.36. The van der Waals surface area contributed by atoms with Gasteiger partial charge in [0.15, 0.2) is 0 Å². The SMILES string of the molecule is CSCCCC(N)=NCCCCCCOP(C)(=O)O. The van der Waals surface area contributed by atoms with Crippen molar-refractivity contribution in [2.24, 2.45) is 10.7 Å². The van der Waals surface area contributed by atoms with Crippen molar-refractivity contribution in [2.45, 2.75) is 38.5 Å². The van der Waals surface area contributed by atoms with E-state index in [-0.39, 0.29) is 0 Å². The molecule has 1 atom stereocenters. The number of nitrogens with zero attached hydrogens (tertiary/aromatic N) is 1. The van der Waals surface area contributed by atoms with E-state index in [0.29, 0.717) is 6.61 Å². The highest BCUT2D eigenvalue weighted by Gasteiger charge is 2.08. The molecular weight excluding hydrogens is 283 g/mol. The maximum Gasteiger partial charge on any atom is 0.325 e. The van der Waals surface area contributed by atoms with Gasteiger partial charge in [-0.05, 0) is 31.3 Å².